The second kappa shape index (κ2) is 6.36. The number of aliphatic carboxylic acids is 1. The van der Waals surface area contributed by atoms with Gasteiger partial charge in [-0.3, -0.25) is 0 Å². The normalized spacial score (nSPS) is 48.8. The summed E-state index contributed by atoms with van der Waals surface area (Å²) >= 11 is 0. The van der Waals surface area contributed by atoms with Gasteiger partial charge in [-0.2, -0.15) is 0 Å². The number of carboxylic acid groups (broad SMARTS) is 1. The molecule has 2 N–H and O–H groups in total. The summed E-state index contributed by atoms with van der Waals surface area (Å²) in [5, 5.41) is 19.2. The predicted octanol–water partition coefficient (Wildman–Crippen LogP) is 4.89. The fraction of sp³-hybridized carbons (Fsp3) is 0.870. The minimum Gasteiger partial charge on any atom is -0.478 e. The van der Waals surface area contributed by atoms with Gasteiger partial charge in [0, 0.05) is 12.2 Å². The standard InChI is InChI=1S/C23H36O3/c1-14(13-24)18-6-7-19-17-5-4-16-12-15(21(25)26)8-10-22(16,2)20(17)9-11-23(18,19)3/h12,14,16-20,24H,4-11,13H2,1-3H3,(H,25,26)/t14?,16?,17-,18+,19-,20-,22-,23+/m0/s1. The van der Waals surface area contributed by atoms with Crippen molar-refractivity contribution in [1.29, 1.82) is 0 Å². The third-order valence-corrected chi connectivity index (χ3v) is 9.60. The van der Waals surface area contributed by atoms with Gasteiger partial charge in [0.1, 0.15) is 0 Å². The van der Waals surface area contributed by atoms with E-state index in [9.17, 15) is 15.0 Å². The van der Waals surface area contributed by atoms with Gasteiger partial charge >= 0.3 is 5.97 Å². The van der Waals surface area contributed by atoms with Crippen LogP contribution in [0.25, 0.3) is 0 Å². The van der Waals surface area contributed by atoms with Crippen LogP contribution < -0.4 is 0 Å². The highest BCUT2D eigenvalue weighted by atomic mass is 16.4. The molecule has 4 rings (SSSR count). The Morgan fingerprint density at radius 3 is 2.54 bits per heavy atom. The zero-order valence-electron chi connectivity index (χ0n) is 16.7. The number of rotatable bonds is 3. The summed E-state index contributed by atoms with van der Waals surface area (Å²) in [6, 6.07) is 0. The van der Waals surface area contributed by atoms with E-state index in [1.165, 1.54) is 38.5 Å². The fourth-order valence-corrected chi connectivity index (χ4v) is 8.14. The van der Waals surface area contributed by atoms with Crippen molar-refractivity contribution >= 4 is 5.97 Å². The van der Waals surface area contributed by atoms with Crippen LogP contribution in [0.5, 0.6) is 0 Å². The van der Waals surface area contributed by atoms with Crippen molar-refractivity contribution in [3.63, 3.8) is 0 Å². The lowest BCUT2D eigenvalue weighted by molar-refractivity contribution is -0.134. The van der Waals surface area contributed by atoms with Crippen molar-refractivity contribution in [2.24, 2.45) is 46.3 Å². The molecule has 0 radical (unpaired) electrons. The average molecular weight is 361 g/mol. The quantitative estimate of drug-likeness (QED) is 0.753. The van der Waals surface area contributed by atoms with E-state index in [-0.39, 0.29) is 0 Å². The maximum Gasteiger partial charge on any atom is 0.331 e. The van der Waals surface area contributed by atoms with Gasteiger partial charge in [-0.05, 0) is 97.7 Å². The Labute approximate surface area is 158 Å². The van der Waals surface area contributed by atoms with Crippen molar-refractivity contribution < 1.29 is 15.0 Å². The van der Waals surface area contributed by atoms with Gasteiger partial charge in [0.05, 0.1) is 0 Å². The van der Waals surface area contributed by atoms with E-state index >= 15 is 0 Å². The van der Waals surface area contributed by atoms with Gasteiger partial charge in [-0.1, -0.05) is 26.8 Å². The lowest BCUT2D eigenvalue weighted by Gasteiger charge is -2.60. The number of hydrogen-bond donors (Lipinski definition) is 2. The molecule has 3 nitrogen and oxygen atoms in total. The topological polar surface area (TPSA) is 57.5 Å². The van der Waals surface area contributed by atoms with Crippen LogP contribution in [-0.2, 0) is 4.79 Å². The minimum atomic E-state index is -0.706. The third kappa shape index (κ3) is 2.52. The van der Waals surface area contributed by atoms with Crippen molar-refractivity contribution in [1.82, 2.24) is 0 Å². The third-order valence-electron chi connectivity index (χ3n) is 9.60. The molecular formula is C23H36O3. The number of carboxylic acids is 1. The lowest BCUT2D eigenvalue weighted by atomic mass is 9.45. The van der Waals surface area contributed by atoms with Crippen LogP contribution in [0.1, 0.15) is 72.1 Å². The average Bonchev–Trinajstić information content (AvgIpc) is 2.97. The van der Waals surface area contributed by atoms with E-state index in [4.69, 9.17) is 0 Å². The van der Waals surface area contributed by atoms with Crippen LogP contribution in [0.4, 0.5) is 0 Å². The molecule has 0 saturated heterocycles. The van der Waals surface area contributed by atoms with Crippen LogP contribution in [0.15, 0.2) is 11.6 Å². The number of carbonyl (C=O) groups is 1. The van der Waals surface area contributed by atoms with Crippen LogP contribution in [-0.4, -0.2) is 22.8 Å². The van der Waals surface area contributed by atoms with Gasteiger partial charge in [-0.15, -0.1) is 0 Å². The molecule has 0 spiro atoms. The molecule has 2 unspecified atom stereocenters. The molecule has 0 aromatic heterocycles. The van der Waals surface area contributed by atoms with Gasteiger partial charge in [0.15, 0.2) is 0 Å². The summed E-state index contributed by atoms with van der Waals surface area (Å²) in [6.45, 7) is 7.55. The fourth-order valence-electron chi connectivity index (χ4n) is 8.14. The number of aliphatic hydroxyl groups is 1. The van der Waals surface area contributed by atoms with E-state index in [2.05, 4.69) is 26.8 Å². The molecule has 4 aliphatic rings. The lowest BCUT2D eigenvalue weighted by Crippen LogP contribution is -2.52. The molecule has 146 valence electrons. The summed E-state index contributed by atoms with van der Waals surface area (Å²) in [4.78, 5) is 11.4. The first-order valence-corrected chi connectivity index (χ1v) is 10.9. The Kier molecular flexibility index (Phi) is 4.53. The Morgan fingerprint density at radius 2 is 1.85 bits per heavy atom. The minimum absolute atomic E-state index is 0.296. The highest BCUT2D eigenvalue weighted by Crippen LogP contribution is 2.67. The molecule has 3 fully saturated rings. The second-order valence-corrected chi connectivity index (χ2v) is 10.5. The maximum absolute atomic E-state index is 11.4. The Bertz CT molecular complexity index is 611. The molecule has 26 heavy (non-hydrogen) atoms. The highest BCUT2D eigenvalue weighted by molar-refractivity contribution is 5.86. The second-order valence-electron chi connectivity index (χ2n) is 10.5. The number of allylic oxidation sites excluding steroid dienone is 1. The molecule has 4 aliphatic carbocycles. The van der Waals surface area contributed by atoms with Crippen LogP contribution in [0, 0.1) is 46.3 Å². The van der Waals surface area contributed by atoms with E-state index in [0.717, 1.165) is 30.6 Å². The van der Waals surface area contributed by atoms with Crippen molar-refractivity contribution in [2.75, 3.05) is 6.61 Å². The molecule has 0 heterocycles. The molecular weight excluding hydrogens is 324 g/mol. The first-order chi connectivity index (χ1) is 12.3. The van der Waals surface area contributed by atoms with Gasteiger partial charge in [-0.25, -0.2) is 4.79 Å². The summed E-state index contributed by atoms with van der Waals surface area (Å²) in [6.07, 6.45) is 11.6. The number of fused-ring (bicyclic) bond motifs is 5. The largest absolute Gasteiger partial charge is 0.478 e. The maximum atomic E-state index is 11.4. The first kappa shape index (κ1) is 18.5. The Hall–Kier alpha value is -0.830. The molecule has 0 aromatic carbocycles. The summed E-state index contributed by atoms with van der Waals surface area (Å²) in [5.74, 6) is 3.23. The summed E-state index contributed by atoms with van der Waals surface area (Å²) in [5.41, 5.74) is 1.36. The smallest absolute Gasteiger partial charge is 0.331 e. The van der Waals surface area contributed by atoms with E-state index in [1.54, 1.807) is 0 Å². The van der Waals surface area contributed by atoms with E-state index in [0.29, 0.717) is 40.8 Å². The zero-order chi connectivity index (χ0) is 18.7. The van der Waals surface area contributed by atoms with Crippen molar-refractivity contribution in [2.45, 2.75) is 72.1 Å². The molecule has 0 aromatic rings. The highest BCUT2D eigenvalue weighted by Gasteiger charge is 2.60. The number of aliphatic hydroxyl groups excluding tert-OH is 1. The Morgan fingerprint density at radius 1 is 1.12 bits per heavy atom. The Balaban J connectivity index is 1.60. The SMILES string of the molecule is CC(CO)[C@H]1CC[C@H]2[C@@H]3CCC4C=C(C(=O)O)CC[C@]4(C)[C@H]3CC[C@]12C. The molecule has 3 heteroatoms. The molecule has 3 saturated carbocycles. The van der Waals surface area contributed by atoms with Crippen molar-refractivity contribution in [3.05, 3.63) is 11.6 Å². The number of hydrogen-bond acceptors (Lipinski definition) is 2. The molecule has 0 aliphatic heterocycles. The summed E-state index contributed by atoms with van der Waals surface area (Å²) in [7, 11) is 0. The van der Waals surface area contributed by atoms with Crippen LogP contribution >= 0.6 is 0 Å². The first-order valence-electron chi connectivity index (χ1n) is 10.9. The van der Waals surface area contributed by atoms with E-state index < -0.39 is 5.97 Å². The van der Waals surface area contributed by atoms with Gasteiger partial charge < -0.3 is 10.2 Å². The van der Waals surface area contributed by atoms with Gasteiger partial charge in [0.2, 0.25) is 0 Å². The van der Waals surface area contributed by atoms with Gasteiger partial charge in [0.25, 0.3) is 0 Å². The molecule has 0 amide bonds. The zero-order valence-corrected chi connectivity index (χ0v) is 16.7. The van der Waals surface area contributed by atoms with Crippen LogP contribution in [0.2, 0.25) is 0 Å². The molecule has 8 atom stereocenters. The molecule has 0 bridgehead atoms. The van der Waals surface area contributed by atoms with Crippen LogP contribution in [0.3, 0.4) is 0 Å². The van der Waals surface area contributed by atoms with Crippen molar-refractivity contribution in [3.8, 4) is 0 Å². The predicted molar refractivity (Wildman–Crippen MR) is 103 cm³/mol. The summed E-state index contributed by atoms with van der Waals surface area (Å²) < 4.78 is 0. The monoisotopic (exact) mass is 360 g/mol. The van der Waals surface area contributed by atoms with E-state index in [1.807, 2.05) is 0 Å².